The number of nitrogens with zero attached hydrogens (tertiary/aromatic N) is 3. The molecule has 0 N–H and O–H groups in total. The maximum atomic E-state index is 9.36. The molecular formula is C30H43N3OSi. The average molecular weight is 490 g/mol. The number of azide groups is 1. The summed E-state index contributed by atoms with van der Waals surface area (Å²) in [6.07, 6.45) is 8.24. The van der Waals surface area contributed by atoms with Crippen LogP contribution in [-0.2, 0) is 4.43 Å². The van der Waals surface area contributed by atoms with Gasteiger partial charge in [0.25, 0.3) is 8.32 Å². The fourth-order valence-corrected chi connectivity index (χ4v) is 10.5. The van der Waals surface area contributed by atoms with Crippen molar-refractivity contribution in [2.45, 2.75) is 71.9 Å². The Kier molecular flexibility index (Phi) is 9.40. The van der Waals surface area contributed by atoms with Crippen LogP contribution in [0, 0.1) is 23.7 Å². The van der Waals surface area contributed by atoms with E-state index in [1.54, 1.807) is 0 Å². The van der Waals surface area contributed by atoms with Gasteiger partial charge in [-0.05, 0) is 57.5 Å². The van der Waals surface area contributed by atoms with Gasteiger partial charge >= 0.3 is 0 Å². The van der Waals surface area contributed by atoms with Crippen molar-refractivity contribution in [3.8, 4) is 0 Å². The van der Waals surface area contributed by atoms with Gasteiger partial charge < -0.3 is 4.43 Å². The predicted octanol–water partition coefficient (Wildman–Crippen LogP) is 7.51. The monoisotopic (exact) mass is 489 g/mol. The molecular weight excluding hydrogens is 446 g/mol. The van der Waals surface area contributed by atoms with Gasteiger partial charge in [-0.2, -0.15) is 0 Å². The second-order valence-electron chi connectivity index (χ2n) is 11.6. The van der Waals surface area contributed by atoms with Gasteiger partial charge in [0, 0.05) is 11.5 Å². The summed E-state index contributed by atoms with van der Waals surface area (Å²) >= 11 is 0. The highest BCUT2D eigenvalue weighted by atomic mass is 28.4. The quantitative estimate of drug-likeness (QED) is 0.118. The zero-order valence-corrected chi connectivity index (χ0v) is 23.4. The lowest BCUT2D eigenvalue weighted by Crippen LogP contribution is -2.67. The third kappa shape index (κ3) is 6.46. The Balaban J connectivity index is 1.93. The number of rotatable bonds is 9. The van der Waals surface area contributed by atoms with Crippen molar-refractivity contribution in [1.29, 1.82) is 0 Å². The first-order chi connectivity index (χ1) is 16.7. The van der Waals surface area contributed by atoms with E-state index in [0.717, 1.165) is 5.92 Å². The Morgan fingerprint density at radius 2 is 1.60 bits per heavy atom. The molecule has 4 atom stereocenters. The highest BCUT2D eigenvalue weighted by Gasteiger charge is 2.50. The molecule has 2 aromatic carbocycles. The fourth-order valence-electron chi connectivity index (χ4n) is 5.93. The van der Waals surface area contributed by atoms with Crippen molar-refractivity contribution in [3.05, 3.63) is 83.3 Å². The maximum absolute atomic E-state index is 9.36. The topological polar surface area (TPSA) is 58.0 Å². The zero-order valence-electron chi connectivity index (χ0n) is 22.4. The van der Waals surface area contributed by atoms with Crippen molar-refractivity contribution in [2.75, 3.05) is 6.61 Å². The molecule has 1 fully saturated rings. The third-order valence-corrected chi connectivity index (χ3v) is 12.7. The van der Waals surface area contributed by atoms with Crippen LogP contribution in [0.25, 0.3) is 10.4 Å². The first-order valence-corrected chi connectivity index (χ1v) is 15.1. The summed E-state index contributed by atoms with van der Waals surface area (Å²) < 4.78 is 7.04. The second-order valence-corrected chi connectivity index (χ2v) is 15.9. The molecule has 1 aliphatic rings. The first-order valence-electron chi connectivity index (χ1n) is 13.2. The van der Waals surface area contributed by atoms with Crippen molar-refractivity contribution >= 4 is 18.7 Å². The maximum Gasteiger partial charge on any atom is 0.261 e. The molecule has 0 saturated heterocycles. The Hall–Kier alpha value is -2.33. The Morgan fingerprint density at radius 3 is 2.09 bits per heavy atom. The molecule has 0 heterocycles. The average Bonchev–Trinajstić information content (AvgIpc) is 2.83. The van der Waals surface area contributed by atoms with E-state index in [1.807, 2.05) is 0 Å². The predicted molar refractivity (Wildman–Crippen MR) is 150 cm³/mol. The lowest BCUT2D eigenvalue weighted by Gasteiger charge is -2.43. The number of hydrogen-bond donors (Lipinski definition) is 0. The summed E-state index contributed by atoms with van der Waals surface area (Å²) in [5.41, 5.74) is 9.36. The van der Waals surface area contributed by atoms with Crippen LogP contribution in [0.4, 0.5) is 0 Å². The lowest BCUT2D eigenvalue weighted by molar-refractivity contribution is 0.178. The molecule has 0 aromatic heterocycles. The molecule has 0 bridgehead atoms. The van der Waals surface area contributed by atoms with Gasteiger partial charge in [0.15, 0.2) is 0 Å². The Morgan fingerprint density at radius 1 is 1.03 bits per heavy atom. The summed E-state index contributed by atoms with van der Waals surface area (Å²) in [5.74, 6) is 2.61. The molecule has 0 amide bonds. The van der Waals surface area contributed by atoms with E-state index < -0.39 is 8.32 Å². The highest BCUT2D eigenvalue weighted by molar-refractivity contribution is 6.99. The third-order valence-electron chi connectivity index (χ3n) is 7.74. The molecule has 35 heavy (non-hydrogen) atoms. The van der Waals surface area contributed by atoms with Gasteiger partial charge in [0.1, 0.15) is 0 Å². The van der Waals surface area contributed by atoms with Gasteiger partial charge in [0.05, 0.1) is 6.04 Å². The van der Waals surface area contributed by atoms with Crippen molar-refractivity contribution < 1.29 is 4.43 Å². The molecule has 0 aliphatic heterocycles. The van der Waals surface area contributed by atoms with Gasteiger partial charge in [-0.1, -0.05) is 126 Å². The standard InChI is InChI=1S/C30H43N3OSi/c1-23(2)29-20-17-24(3)21-25(29)18-19-26(32-33-31)22-34-35(30(4,5)6,27-13-9-7-10-14-27)28-15-11-8-12-16-28/h7-16,18-19,23-26,29H,17,20-22H2,1-6H3/b19-18+/t24-,25-,26-,29+/m1/s1. The summed E-state index contributed by atoms with van der Waals surface area (Å²) in [4.78, 5) is 3.19. The smallest absolute Gasteiger partial charge is 0.261 e. The number of allylic oxidation sites excluding steroid dienone is 1. The number of hydrogen-bond acceptors (Lipinski definition) is 2. The zero-order chi connectivity index (χ0) is 25.5. The van der Waals surface area contributed by atoms with E-state index in [9.17, 15) is 5.53 Å². The summed E-state index contributed by atoms with van der Waals surface area (Å²) in [6.45, 7) is 14.2. The summed E-state index contributed by atoms with van der Waals surface area (Å²) in [5, 5.41) is 6.53. The van der Waals surface area contributed by atoms with E-state index in [1.165, 1.54) is 29.6 Å². The minimum absolute atomic E-state index is 0.109. The van der Waals surface area contributed by atoms with Crippen LogP contribution in [0.5, 0.6) is 0 Å². The van der Waals surface area contributed by atoms with Crippen LogP contribution in [-0.4, -0.2) is 21.0 Å². The summed E-state index contributed by atoms with van der Waals surface area (Å²) in [6, 6.07) is 20.9. The molecule has 188 valence electrons. The largest absolute Gasteiger partial charge is 0.407 e. The molecule has 1 aliphatic carbocycles. The first kappa shape index (κ1) is 27.3. The van der Waals surface area contributed by atoms with E-state index in [0.29, 0.717) is 24.4 Å². The van der Waals surface area contributed by atoms with E-state index in [2.05, 4.69) is 124 Å². The van der Waals surface area contributed by atoms with Crippen LogP contribution in [0.1, 0.15) is 60.8 Å². The van der Waals surface area contributed by atoms with E-state index in [-0.39, 0.29) is 11.1 Å². The molecule has 5 heteroatoms. The van der Waals surface area contributed by atoms with Crippen molar-refractivity contribution in [1.82, 2.24) is 0 Å². The van der Waals surface area contributed by atoms with Gasteiger partial charge in [-0.25, -0.2) is 0 Å². The van der Waals surface area contributed by atoms with Gasteiger partial charge in [-0.15, -0.1) is 0 Å². The van der Waals surface area contributed by atoms with Gasteiger partial charge in [0.2, 0.25) is 0 Å². The molecule has 0 radical (unpaired) electrons. The van der Waals surface area contributed by atoms with Crippen LogP contribution >= 0.6 is 0 Å². The van der Waals surface area contributed by atoms with Gasteiger partial charge in [-0.3, -0.25) is 0 Å². The molecule has 0 spiro atoms. The Labute approximate surface area is 213 Å². The van der Waals surface area contributed by atoms with E-state index >= 15 is 0 Å². The Bertz CT molecular complexity index is 954. The SMILES string of the molecule is CC(C)[C@@H]1CC[C@@H](C)C[C@H]1/C=C/[C@H](CO[Si](c1ccccc1)(c1ccccc1)C(C)(C)C)N=[N+]=[N-]. The fraction of sp³-hybridized carbons (Fsp3) is 0.533. The van der Waals surface area contributed by atoms with E-state index in [4.69, 9.17) is 4.43 Å². The molecule has 0 unspecified atom stereocenters. The highest BCUT2D eigenvalue weighted by Crippen LogP contribution is 2.39. The molecule has 1 saturated carbocycles. The molecule has 4 nitrogen and oxygen atoms in total. The minimum Gasteiger partial charge on any atom is -0.407 e. The van der Waals surface area contributed by atoms with Crippen LogP contribution < -0.4 is 10.4 Å². The molecule has 2 aromatic rings. The summed E-state index contributed by atoms with van der Waals surface area (Å²) in [7, 11) is -2.67. The second kappa shape index (κ2) is 12.1. The lowest BCUT2D eigenvalue weighted by atomic mass is 9.70. The normalized spacial score (nSPS) is 22.2. The van der Waals surface area contributed by atoms with Crippen LogP contribution in [0.3, 0.4) is 0 Å². The van der Waals surface area contributed by atoms with Crippen LogP contribution in [0.15, 0.2) is 77.9 Å². The minimum atomic E-state index is -2.67. The van der Waals surface area contributed by atoms with Crippen molar-refractivity contribution in [2.24, 2.45) is 28.8 Å². The van der Waals surface area contributed by atoms with Crippen molar-refractivity contribution in [3.63, 3.8) is 0 Å². The molecule has 3 rings (SSSR count). The van der Waals surface area contributed by atoms with Crippen LogP contribution in [0.2, 0.25) is 5.04 Å². The number of benzene rings is 2.